The molecular formula is C17H33N3. The van der Waals surface area contributed by atoms with Gasteiger partial charge in [-0.3, -0.25) is 9.80 Å². The Morgan fingerprint density at radius 1 is 0.850 bits per heavy atom. The summed E-state index contributed by atoms with van der Waals surface area (Å²) in [7, 11) is 0. The molecule has 2 unspecified atom stereocenters. The van der Waals surface area contributed by atoms with Gasteiger partial charge in [0.15, 0.2) is 0 Å². The molecule has 2 heterocycles. The van der Waals surface area contributed by atoms with Crippen molar-refractivity contribution in [1.29, 1.82) is 0 Å². The molecule has 1 saturated carbocycles. The van der Waals surface area contributed by atoms with Gasteiger partial charge in [-0.1, -0.05) is 26.7 Å². The molecule has 3 heteroatoms. The van der Waals surface area contributed by atoms with Crippen LogP contribution in [0.4, 0.5) is 0 Å². The van der Waals surface area contributed by atoms with Gasteiger partial charge in [0.1, 0.15) is 0 Å². The maximum absolute atomic E-state index is 3.46. The van der Waals surface area contributed by atoms with Crippen LogP contribution in [-0.2, 0) is 0 Å². The third-order valence-corrected chi connectivity index (χ3v) is 6.00. The van der Waals surface area contributed by atoms with Crippen molar-refractivity contribution >= 4 is 0 Å². The molecule has 3 rings (SSSR count). The zero-order valence-electron chi connectivity index (χ0n) is 13.5. The first kappa shape index (κ1) is 14.8. The normalized spacial score (nSPS) is 35.0. The van der Waals surface area contributed by atoms with Gasteiger partial charge >= 0.3 is 0 Å². The first-order chi connectivity index (χ1) is 9.74. The lowest BCUT2D eigenvalue weighted by Crippen LogP contribution is -2.64. The maximum atomic E-state index is 3.46. The largest absolute Gasteiger partial charge is 0.314 e. The number of hydrogen-bond donors (Lipinski definition) is 1. The molecule has 116 valence electrons. The average molecular weight is 279 g/mol. The van der Waals surface area contributed by atoms with Crippen LogP contribution in [0.5, 0.6) is 0 Å². The molecule has 0 aromatic heterocycles. The second-order valence-corrected chi connectivity index (χ2v) is 7.56. The minimum absolute atomic E-state index is 0.862. The van der Waals surface area contributed by atoms with E-state index in [0.29, 0.717) is 0 Å². The van der Waals surface area contributed by atoms with Crippen LogP contribution in [0, 0.1) is 11.8 Å². The second-order valence-electron chi connectivity index (χ2n) is 7.56. The quantitative estimate of drug-likeness (QED) is 0.799. The molecule has 3 aliphatic rings. The highest BCUT2D eigenvalue weighted by atomic mass is 15.3. The minimum atomic E-state index is 0.862. The van der Waals surface area contributed by atoms with E-state index in [1.54, 1.807) is 0 Å². The Hall–Kier alpha value is -0.120. The Labute approximate surface area is 125 Å². The number of likely N-dealkylation sites (tertiary alicyclic amines) is 1. The molecule has 0 bridgehead atoms. The van der Waals surface area contributed by atoms with Crippen molar-refractivity contribution in [3.05, 3.63) is 0 Å². The van der Waals surface area contributed by atoms with Crippen LogP contribution in [0.25, 0.3) is 0 Å². The summed E-state index contributed by atoms with van der Waals surface area (Å²) in [6.45, 7) is 12.4. The lowest BCUT2D eigenvalue weighted by molar-refractivity contribution is -0.00472. The van der Waals surface area contributed by atoms with E-state index in [1.165, 1.54) is 71.4 Å². The molecule has 0 spiro atoms. The van der Waals surface area contributed by atoms with Crippen molar-refractivity contribution in [2.75, 3.05) is 39.3 Å². The van der Waals surface area contributed by atoms with E-state index in [1.807, 2.05) is 0 Å². The molecule has 0 amide bonds. The van der Waals surface area contributed by atoms with Crippen molar-refractivity contribution in [3.63, 3.8) is 0 Å². The molecule has 1 N–H and O–H groups in total. The Morgan fingerprint density at radius 2 is 1.60 bits per heavy atom. The molecule has 2 aliphatic heterocycles. The van der Waals surface area contributed by atoms with Crippen molar-refractivity contribution in [2.24, 2.45) is 11.8 Å². The summed E-state index contributed by atoms with van der Waals surface area (Å²) < 4.78 is 0. The fourth-order valence-corrected chi connectivity index (χ4v) is 4.41. The first-order valence-electron chi connectivity index (χ1n) is 8.93. The standard InChI is InChI=1S/C17H33N3/c1-14(2)15-4-3-5-16(7-6-15)20-12-17(13-20)19-10-8-18-9-11-19/h14-18H,3-13H2,1-2H3. The molecule has 3 fully saturated rings. The summed E-state index contributed by atoms with van der Waals surface area (Å²) in [4.78, 5) is 5.50. The highest BCUT2D eigenvalue weighted by Gasteiger charge is 2.36. The van der Waals surface area contributed by atoms with Gasteiger partial charge in [0.2, 0.25) is 0 Å². The molecule has 0 aromatic rings. The van der Waals surface area contributed by atoms with Crippen molar-refractivity contribution < 1.29 is 0 Å². The smallest absolute Gasteiger partial charge is 0.0351 e. The van der Waals surface area contributed by atoms with Crippen LogP contribution in [0.2, 0.25) is 0 Å². The number of nitrogens with zero attached hydrogens (tertiary/aromatic N) is 2. The van der Waals surface area contributed by atoms with Gasteiger partial charge < -0.3 is 5.32 Å². The lowest BCUT2D eigenvalue weighted by Gasteiger charge is -2.50. The maximum Gasteiger partial charge on any atom is 0.0351 e. The van der Waals surface area contributed by atoms with Gasteiger partial charge in [-0.15, -0.1) is 0 Å². The van der Waals surface area contributed by atoms with E-state index in [9.17, 15) is 0 Å². The van der Waals surface area contributed by atoms with Gasteiger partial charge in [-0.05, 0) is 31.1 Å². The molecule has 2 saturated heterocycles. The molecule has 20 heavy (non-hydrogen) atoms. The fraction of sp³-hybridized carbons (Fsp3) is 1.00. The number of rotatable bonds is 3. The number of piperazine rings is 1. The van der Waals surface area contributed by atoms with Crippen LogP contribution in [0.1, 0.15) is 46.0 Å². The van der Waals surface area contributed by atoms with Crippen LogP contribution < -0.4 is 5.32 Å². The lowest BCUT2D eigenvalue weighted by atomic mass is 9.89. The van der Waals surface area contributed by atoms with Crippen LogP contribution in [-0.4, -0.2) is 61.2 Å². The van der Waals surface area contributed by atoms with Crippen molar-refractivity contribution in [2.45, 2.75) is 58.0 Å². The highest BCUT2D eigenvalue weighted by molar-refractivity contribution is 4.93. The summed E-state index contributed by atoms with van der Waals surface area (Å²) in [5.41, 5.74) is 0. The van der Waals surface area contributed by atoms with E-state index in [0.717, 1.165) is 23.9 Å². The fourth-order valence-electron chi connectivity index (χ4n) is 4.41. The number of hydrogen-bond acceptors (Lipinski definition) is 3. The molecule has 0 radical (unpaired) electrons. The Bertz CT molecular complexity index is 293. The van der Waals surface area contributed by atoms with Crippen LogP contribution >= 0.6 is 0 Å². The topological polar surface area (TPSA) is 18.5 Å². The monoisotopic (exact) mass is 279 g/mol. The molecule has 1 aliphatic carbocycles. The van der Waals surface area contributed by atoms with Gasteiger partial charge in [0.25, 0.3) is 0 Å². The van der Waals surface area contributed by atoms with E-state index < -0.39 is 0 Å². The molecule has 3 nitrogen and oxygen atoms in total. The number of nitrogens with one attached hydrogen (secondary N) is 1. The van der Waals surface area contributed by atoms with Gasteiger partial charge in [-0.25, -0.2) is 0 Å². The molecule has 0 aromatic carbocycles. The van der Waals surface area contributed by atoms with E-state index in [2.05, 4.69) is 29.0 Å². The van der Waals surface area contributed by atoms with E-state index >= 15 is 0 Å². The predicted molar refractivity (Wildman–Crippen MR) is 85.0 cm³/mol. The Balaban J connectivity index is 1.43. The van der Waals surface area contributed by atoms with E-state index in [4.69, 9.17) is 0 Å². The Morgan fingerprint density at radius 3 is 2.30 bits per heavy atom. The van der Waals surface area contributed by atoms with E-state index in [-0.39, 0.29) is 0 Å². The van der Waals surface area contributed by atoms with Crippen molar-refractivity contribution in [3.8, 4) is 0 Å². The first-order valence-corrected chi connectivity index (χ1v) is 8.93. The summed E-state index contributed by atoms with van der Waals surface area (Å²) in [5.74, 6) is 1.88. The molecule has 2 atom stereocenters. The third-order valence-electron chi connectivity index (χ3n) is 6.00. The van der Waals surface area contributed by atoms with Crippen molar-refractivity contribution in [1.82, 2.24) is 15.1 Å². The predicted octanol–water partition coefficient (Wildman–Crippen LogP) is 2.18. The van der Waals surface area contributed by atoms with Gasteiger partial charge in [0.05, 0.1) is 0 Å². The zero-order chi connectivity index (χ0) is 13.9. The summed E-state index contributed by atoms with van der Waals surface area (Å²) in [6, 6.07) is 1.76. The van der Waals surface area contributed by atoms with Gasteiger partial charge in [-0.2, -0.15) is 0 Å². The SMILES string of the molecule is CC(C)C1CCCC(N2CC(N3CCNCC3)C2)CC1. The second kappa shape index (κ2) is 6.76. The van der Waals surface area contributed by atoms with Crippen LogP contribution in [0.15, 0.2) is 0 Å². The summed E-state index contributed by atoms with van der Waals surface area (Å²) >= 11 is 0. The summed E-state index contributed by atoms with van der Waals surface area (Å²) in [5, 5.41) is 3.46. The molecular weight excluding hydrogens is 246 g/mol. The minimum Gasteiger partial charge on any atom is -0.314 e. The Kier molecular flexibility index (Phi) is 5.00. The average Bonchev–Trinajstić information content (AvgIpc) is 2.64. The summed E-state index contributed by atoms with van der Waals surface area (Å²) in [6.07, 6.45) is 7.32. The van der Waals surface area contributed by atoms with Gasteiger partial charge in [0, 0.05) is 51.4 Å². The third kappa shape index (κ3) is 3.37. The van der Waals surface area contributed by atoms with Crippen LogP contribution in [0.3, 0.4) is 0 Å². The highest BCUT2D eigenvalue weighted by Crippen LogP contribution is 2.33. The zero-order valence-corrected chi connectivity index (χ0v) is 13.5.